The Morgan fingerprint density at radius 1 is 1.13 bits per heavy atom. The van der Waals surface area contributed by atoms with Gasteiger partial charge in [0.05, 0.1) is 6.54 Å². The summed E-state index contributed by atoms with van der Waals surface area (Å²) in [6, 6.07) is 4.54. The van der Waals surface area contributed by atoms with Crippen LogP contribution in [0.1, 0.15) is 12.5 Å². The molecular formula is C20H23F2N7O. The van der Waals surface area contributed by atoms with Gasteiger partial charge in [0.2, 0.25) is 5.95 Å². The molecule has 0 bridgehead atoms. The molecular weight excluding hydrogens is 392 g/mol. The molecule has 4 rings (SSSR count). The number of aliphatic hydroxyl groups is 1. The average molecular weight is 415 g/mol. The summed E-state index contributed by atoms with van der Waals surface area (Å²) in [5, 5.41) is 15.8. The van der Waals surface area contributed by atoms with Crippen molar-refractivity contribution in [1.82, 2.24) is 29.6 Å². The van der Waals surface area contributed by atoms with E-state index in [9.17, 15) is 13.9 Å². The number of benzene rings is 1. The molecule has 2 atom stereocenters. The molecule has 8 nitrogen and oxygen atoms in total. The van der Waals surface area contributed by atoms with Crippen molar-refractivity contribution in [1.29, 1.82) is 0 Å². The van der Waals surface area contributed by atoms with Gasteiger partial charge in [-0.25, -0.2) is 28.4 Å². The predicted molar refractivity (Wildman–Crippen MR) is 106 cm³/mol. The second-order valence-corrected chi connectivity index (χ2v) is 7.39. The van der Waals surface area contributed by atoms with E-state index >= 15 is 0 Å². The highest BCUT2D eigenvalue weighted by Crippen LogP contribution is 2.33. The molecule has 1 aliphatic rings. The zero-order chi connectivity index (χ0) is 21.1. The van der Waals surface area contributed by atoms with Crippen LogP contribution in [-0.2, 0) is 12.1 Å². The topological polar surface area (TPSA) is 83.2 Å². The SMILES string of the molecule is CC(N1CCN(c2ncccn2)CC1)C(O)(Cn1cncn1)c1ccc(F)cc1F. The molecule has 0 amide bonds. The molecule has 0 radical (unpaired) electrons. The maximum Gasteiger partial charge on any atom is 0.225 e. The molecule has 0 saturated carbocycles. The summed E-state index contributed by atoms with van der Waals surface area (Å²) in [5.74, 6) is -0.823. The van der Waals surface area contributed by atoms with Gasteiger partial charge in [0.25, 0.3) is 0 Å². The van der Waals surface area contributed by atoms with E-state index in [-0.39, 0.29) is 12.1 Å². The van der Waals surface area contributed by atoms with Crippen LogP contribution in [0.3, 0.4) is 0 Å². The normalized spacial score (nSPS) is 18.2. The maximum atomic E-state index is 14.7. The molecule has 1 aromatic carbocycles. The quantitative estimate of drug-likeness (QED) is 0.652. The zero-order valence-electron chi connectivity index (χ0n) is 16.6. The average Bonchev–Trinajstić information content (AvgIpc) is 3.26. The van der Waals surface area contributed by atoms with Crippen LogP contribution in [0, 0.1) is 11.6 Å². The summed E-state index contributed by atoms with van der Waals surface area (Å²) < 4.78 is 29.6. The van der Waals surface area contributed by atoms with Crippen molar-refractivity contribution in [3.63, 3.8) is 0 Å². The van der Waals surface area contributed by atoms with E-state index in [4.69, 9.17) is 0 Å². The van der Waals surface area contributed by atoms with Crippen LogP contribution >= 0.6 is 0 Å². The number of anilines is 1. The van der Waals surface area contributed by atoms with Crippen molar-refractivity contribution in [3.05, 3.63) is 66.5 Å². The lowest BCUT2D eigenvalue weighted by molar-refractivity contribution is -0.0650. The zero-order valence-corrected chi connectivity index (χ0v) is 16.6. The minimum Gasteiger partial charge on any atom is -0.381 e. The summed E-state index contributed by atoms with van der Waals surface area (Å²) in [7, 11) is 0. The Kier molecular flexibility index (Phi) is 5.69. The Morgan fingerprint density at radius 2 is 1.87 bits per heavy atom. The van der Waals surface area contributed by atoms with Crippen LogP contribution < -0.4 is 4.90 Å². The lowest BCUT2D eigenvalue weighted by Gasteiger charge is -2.44. The summed E-state index contributed by atoms with van der Waals surface area (Å²) in [6.45, 7) is 4.41. The summed E-state index contributed by atoms with van der Waals surface area (Å²) in [6.07, 6.45) is 6.21. The van der Waals surface area contributed by atoms with E-state index in [0.29, 0.717) is 32.1 Å². The molecule has 0 spiro atoms. The van der Waals surface area contributed by atoms with Crippen molar-refractivity contribution in [3.8, 4) is 0 Å². The minimum absolute atomic E-state index is 0.0151. The van der Waals surface area contributed by atoms with Gasteiger partial charge in [-0.3, -0.25) is 4.90 Å². The fourth-order valence-corrected chi connectivity index (χ4v) is 3.91. The first-order chi connectivity index (χ1) is 14.5. The molecule has 1 saturated heterocycles. The summed E-state index contributed by atoms with van der Waals surface area (Å²) in [5.41, 5.74) is -1.61. The number of piperazine rings is 1. The van der Waals surface area contributed by atoms with E-state index in [1.807, 2.05) is 6.92 Å². The first-order valence-electron chi connectivity index (χ1n) is 9.74. The Balaban J connectivity index is 1.58. The van der Waals surface area contributed by atoms with Crippen molar-refractivity contribution < 1.29 is 13.9 Å². The summed E-state index contributed by atoms with van der Waals surface area (Å²) in [4.78, 5) is 16.6. The standard InChI is InChI=1S/C20H23F2N7O/c1-15(27-7-9-28(10-8-27)19-24-5-2-6-25-19)20(30,12-29-14-23-13-26-29)17-4-3-16(21)11-18(17)22/h2-6,11,13-15,30H,7-10,12H2,1H3. The van der Waals surface area contributed by atoms with Gasteiger partial charge < -0.3 is 10.0 Å². The molecule has 1 aliphatic heterocycles. The molecule has 1 N–H and O–H groups in total. The highest BCUT2D eigenvalue weighted by Gasteiger charge is 2.42. The van der Waals surface area contributed by atoms with Crippen LogP contribution in [0.5, 0.6) is 0 Å². The predicted octanol–water partition coefficient (Wildman–Crippen LogP) is 1.44. The Morgan fingerprint density at radius 3 is 2.50 bits per heavy atom. The van der Waals surface area contributed by atoms with Gasteiger partial charge in [0.1, 0.15) is 29.9 Å². The van der Waals surface area contributed by atoms with Crippen LogP contribution in [0.15, 0.2) is 49.3 Å². The van der Waals surface area contributed by atoms with Gasteiger partial charge in [-0.05, 0) is 19.1 Å². The third-order valence-electron chi connectivity index (χ3n) is 5.66. The molecule has 30 heavy (non-hydrogen) atoms. The van der Waals surface area contributed by atoms with Gasteiger partial charge in [0, 0.05) is 56.2 Å². The van der Waals surface area contributed by atoms with Crippen molar-refractivity contribution in [2.45, 2.75) is 25.1 Å². The third kappa shape index (κ3) is 4.01. The molecule has 3 aromatic rings. The second-order valence-electron chi connectivity index (χ2n) is 7.39. The second kappa shape index (κ2) is 8.41. The van der Waals surface area contributed by atoms with Crippen molar-refractivity contribution in [2.75, 3.05) is 31.1 Å². The van der Waals surface area contributed by atoms with Crippen molar-refractivity contribution >= 4 is 5.95 Å². The fraction of sp³-hybridized carbons (Fsp3) is 0.400. The lowest BCUT2D eigenvalue weighted by Crippen LogP contribution is -2.57. The molecule has 1 fully saturated rings. The number of hydrogen-bond donors (Lipinski definition) is 1. The number of aromatic nitrogens is 5. The lowest BCUT2D eigenvalue weighted by atomic mass is 9.85. The number of halogens is 2. The highest BCUT2D eigenvalue weighted by molar-refractivity contribution is 5.30. The van der Waals surface area contributed by atoms with Crippen LogP contribution in [0.4, 0.5) is 14.7 Å². The Bertz CT molecular complexity index is 965. The van der Waals surface area contributed by atoms with E-state index < -0.39 is 23.3 Å². The van der Waals surface area contributed by atoms with Gasteiger partial charge in [-0.1, -0.05) is 6.07 Å². The molecule has 158 valence electrons. The van der Waals surface area contributed by atoms with Gasteiger partial charge in [0.15, 0.2) is 0 Å². The summed E-state index contributed by atoms with van der Waals surface area (Å²) >= 11 is 0. The van der Waals surface area contributed by atoms with Gasteiger partial charge in [-0.2, -0.15) is 5.10 Å². The van der Waals surface area contributed by atoms with E-state index in [1.165, 1.54) is 23.4 Å². The Hall–Kier alpha value is -2.98. The largest absolute Gasteiger partial charge is 0.381 e. The van der Waals surface area contributed by atoms with Gasteiger partial charge in [-0.15, -0.1) is 0 Å². The molecule has 2 unspecified atom stereocenters. The highest BCUT2D eigenvalue weighted by atomic mass is 19.1. The molecule has 2 aromatic heterocycles. The first kappa shape index (κ1) is 20.3. The number of rotatable bonds is 6. The molecule has 10 heteroatoms. The number of hydrogen-bond acceptors (Lipinski definition) is 7. The van der Waals surface area contributed by atoms with Crippen LogP contribution in [0.2, 0.25) is 0 Å². The Labute approximate surface area is 172 Å². The smallest absolute Gasteiger partial charge is 0.225 e. The molecule has 3 heterocycles. The van der Waals surface area contributed by atoms with Crippen LogP contribution in [0.25, 0.3) is 0 Å². The van der Waals surface area contributed by atoms with E-state index in [2.05, 4.69) is 29.9 Å². The number of nitrogens with zero attached hydrogens (tertiary/aromatic N) is 7. The monoisotopic (exact) mass is 415 g/mol. The fourth-order valence-electron chi connectivity index (χ4n) is 3.91. The minimum atomic E-state index is -1.64. The van der Waals surface area contributed by atoms with E-state index in [0.717, 1.165) is 12.1 Å². The van der Waals surface area contributed by atoms with Crippen molar-refractivity contribution in [2.24, 2.45) is 0 Å². The molecule has 0 aliphatic carbocycles. The third-order valence-corrected chi connectivity index (χ3v) is 5.66. The maximum absolute atomic E-state index is 14.7. The van der Waals surface area contributed by atoms with Crippen LogP contribution in [-0.4, -0.2) is 67.0 Å². The van der Waals surface area contributed by atoms with E-state index in [1.54, 1.807) is 18.5 Å². The first-order valence-corrected chi connectivity index (χ1v) is 9.74. The van der Waals surface area contributed by atoms with Gasteiger partial charge >= 0.3 is 0 Å².